The van der Waals surface area contributed by atoms with Gasteiger partial charge in [0.25, 0.3) is 5.91 Å². The second kappa shape index (κ2) is 7.91. The zero-order chi connectivity index (χ0) is 21.3. The average Bonchev–Trinajstić information content (AvgIpc) is 3.17. The van der Waals surface area contributed by atoms with E-state index in [0.717, 1.165) is 11.1 Å². The number of carbonyl (C=O) groups excluding carboxylic acids is 1. The zero-order valence-electron chi connectivity index (χ0n) is 16.5. The van der Waals surface area contributed by atoms with Crippen molar-refractivity contribution in [1.29, 1.82) is 0 Å². The van der Waals surface area contributed by atoms with Crippen LogP contribution in [0.15, 0.2) is 72.8 Å². The molecule has 0 saturated carbocycles. The lowest BCUT2D eigenvalue weighted by Crippen LogP contribution is -2.18. The van der Waals surface area contributed by atoms with E-state index in [4.69, 9.17) is 0 Å². The topological polar surface area (TPSA) is 46.9 Å². The smallest absolute Gasteiger partial charge is 0.274 e. The van der Waals surface area contributed by atoms with Crippen LogP contribution in [0.3, 0.4) is 0 Å². The van der Waals surface area contributed by atoms with Crippen molar-refractivity contribution in [1.82, 2.24) is 9.78 Å². The fourth-order valence-corrected chi connectivity index (χ4v) is 3.22. The Kier molecular flexibility index (Phi) is 5.14. The molecule has 1 N–H and O–H groups in total. The number of rotatable bonds is 4. The maximum absolute atomic E-state index is 14.4. The normalized spacial score (nSPS) is 10.8. The molecule has 4 rings (SSSR count). The summed E-state index contributed by atoms with van der Waals surface area (Å²) >= 11 is 0. The minimum Gasteiger partial charge on any atom is -0.318 e. The maximum Gasteiger partial charge on any atom is 0.274 e. The van der Waals surface area contributed by atoms with Crippen LogP contribution in [-0.4, -0.2) is 15.7 Å². The molecule has 150 valence electrons. The largest absolute Gasteiger partial charge is 0.318 e. The van der Waals surface area contributed by atoms with Crippen molar-refractivity contribution >= 4 is 11.6 Å². The monoisotopic (exact) mass is 403 g/mol. The third kappa shape index (κ3) is 3.72. The van der Waals surface area contributed by atoms with Crippen LogP contribution in [0.1, 0.15) is 21.6 Å². The van der Waals surface area contributed by atoms with Crippen LogP contribution in [0.25, 0.3) is 16.9 Å². The van der Waals surface area contributed by atoms with Crippen molar-refractivity contribution in [2.75, 3.05) is 5.32 Å². The predicted molar refractivity (Wildman–Crippen MR) is 113 cm³/mol. The van der Waals surface area contributed by atoms with E-state index in [0.29, 0.717) is 11.4 Å². The van der Waals surface area contributed by atoms with Gasteiger partial charge in [-0.1, -0.05) is 36.4 Å². The molecule has 0 bridgehead atoms. The Balaban J connectivity index is 1.85. The summed E-state index contributed by atoms with van der Waals surface area (Å²) in [6.07, 6.45) is 0. The standard InChI is InChI=1S/C24H19F2N3O/c1-15-11-12-16(2)22(13-15)29-23(24(30)27-20-10-6-5-9-19(20)26)14-21(28-29)17-7-3-4-8-18(17)25/h3-14H,1-2H3,(H,27,30). The third-order valence-corrected chi connectivity index (χ3v) is 4.81. The average molecular weight is 403 g/mol. The van der Waals surface area contributed by atoms with Crippen molar-refractivity contribution < 1.29 is 13.6 Å². The van der Waals surface area contributed by atoms with E-state index in [2.05, 4.69) is 10.4 Å². The van der Waals surface area contributed by atoms with Gasteiger partial charge in [0.15, 0.2) is 0 Å². The highest BCUT2D eigenvalue weighted by atomic mass is 19.1. The van der Waals surface area contributed by atoms with Crippen LogP contribution < -0.4 is 5.32 Å². The van der Waals surface area contributed by atoms with E-state index in [9.17, 15) is 13.6 Å². The first-order chi connectivity index (χ1) is 14.4. The van der Waals surface area contributed by atoms with Crippen molar-refractivity contribution in [2.24, 2.45) is 0 Å². The molecule has 4 nitrogen and oxygen atoms in total. The summed E-state index contributed by atoms with van der Waals surface area (Å²) in [5.74, 6) is -1.53. The van der Waals surface area contributed by atoms with E-state index in [1.807, 2.05) is 32.0 Å². The van der Waals surface area contributed by atoms with E-state index in [1.165, 1.54) is 28.9 Å². The molecule has 3 aromatic carbocycles. The lowest BCUT2D eigenvalue weighted by Gasteiger charge is -2.12. The van der Waals surface area contributed by atoms with E-state index in [-0.39, 0.29) is 16.9 Å². The first-order valence-electron chi connectivity index (χ1n) is 9.42. The summed E-state index contributed by atoms with van der Waals surface area (Å²) in [5, 5.41) is 7.10. The highest BCUT2D eigenvalue weighted by Crippen LogP contribution is 2.26. The first kappa shape index (κ1) is 19.5. The number of carbonyl (C=O) groups is 1. The summed E-state index contributed by atoms with van der Waals surface area (Å²) < 4.78 is 29.9. The van der Waals surface area contributed by atoms with Gasteiger partial charge in [0.2, 0.25) is 0 Å². The first-order valence-corrected chi connectivity index (χ1v) is 9.42. The molecule has 0 spiro atoms. The van der Waals surface area contributed by atoms with Crippen LogP contribution in [0, 0.1) is 25.5 Å². The number of benzene rings is 3. The Morgan fingerprint density at radius 2 is 1.60 bits per heavy atom. The van der Waals surface area contributed by atoms with Crippen molar-refractivity contribution in [3.05, 3.63) is 101 Å². The van der Waals surface area contributed by atoms with Crippen molar-refractivity contribution in [2.45, 2.75) is 13.8 Å². The SMILES string of the molecule is Cc1ccc(C)c(-n2nc(-c3ccccc3F)cc2C(=O)Nc2ccccc2F)c1. The molecule has 0 atom stereocenters. The molecule has 6 heteroatoms. The van der Waals surface area contributed by atoms with Crippen molar-refractivity contribution in [3.8, 4) is 16.9 Å². The highest BCUT2D eigenvalue weighted by molar-refractivity contribution is 6.04. The fraction of sp³-hybridized carbons (Fsp3) is 0.0833. The van der Waals surface area contributed by atoms with Crippen LogP contribution in [0.4, 0.5) is 14.5 Å². The second-order valence-corrected chi connectivity index (χ2v) is 7.03. The molecule has 1 amide bonds. The van der Waals surface area contributed by atoms with Gasteiger partial charge in [-0.2, -0.15) is 5.10 Å². The van der Waals surface area contributed by atoms with Crippen LogP contribution in [0.5, 0.6) is 0 Å². The molecule has 30 heavy (non-hydrogen) atoms. The second-order valence-electron chi connectivity index (χ2n) is 7.03. The Labute approximate surface area is 172 Å². The minimum atomic E-state index is -0.545. The van der Waals surface area contributed by atoms with Gasteiger partial charge < -0.3 is 5.32 Å². The van der Waals surface area contributed by atoms with Gasteiger partial charge in [-0.25, -0.2) is 13.5 Å². The molecule has 1 heterocycles. The van der Waals surface area contributed by atoms with Gasteiger partial charge >= 0.3 is 0 Å². The molecule has 0 aliphatic carbocycles. The predicted octanol–water partition coefficient (Wildman–Crippen LogP) is 5.69. The van der Waals surface area contributed by atoms with Gasteiger partial charge in [-0.05, 0) is 61.4 Å². The molecule has 0 saturated heterocycles. The molecular formula is C24H19F2N3O. The summed E-state index contributed by atoms with van der Waals surface area (Å²) in [5.41, 5.74) is 3.39. The molecule has 0 aliphatic rings. The maximum atomic E-state index is 14.4. The quantitative estimate of drug-likeness (QED) is 0.476. The van der Waals surface area contributed by atoms with Gasteiger partial charge in [-0.15, -0.1) is 0 Å². The summed E-state index contributed by atoms with van der Waals surface area (Å²) in [4.78, 5) is 13.1. The number of anilines is 1. The summed E-state index contributed by atoms with van der Waals surface area (Å²) in [7, 11) is 0. The Hall–Kier alpha value is -3.80. The van der Waals surface area contributed by atoms with Gasteiger partial charge in [-0.3, -0.25) is 4.79 Å². The molecule has 1 aromatic heterocycles. The fourth-order valence-electron chi connectivity index (χ4n) is 3.22. The lowest BCUT2D eigenvalue weighted by atomic mass is 10.1. The number of amides is 1. The molecule has 0 radical (unpaired) electrons. The molecule has 0 fully saturated rings. The number of hydrogen-bond donors (Lipinski definition) is 1. The van der Waals surface area contributed by atoms with Gasteiger partial charge in [0.1, 0.15) is 17.3 Å². The van der Waals surface area contributed by atoms with Crippen molar-refractivity contribution in [3.63, 3.8) is 0 Å². The van der Waals surface area contributed by atoms with E-state index >= 15 is 0 Å². The number of aryl methyl sites for hydroxylation is 2. The van der Waals surface area contributed by atoms with E-state index < -0.39 is 17.5 Å². The number of aromatic nitrogens is 2. The van der Waals surface area contributed by atoms with Gasteiger partial charge in [0, 0.05) is 5.56 Å². The van der Waals surface area contributed by atoms with Crippen LogP contribution in [-0.2, 0) is 0 Å². The third-order valence-electron chi connectivity index (χ3n) is 4.81. The molecule has 4 aromatic rings. The molecule has 0 unspecified atom stereocenters. The molecular weight excluding hydrogens is 384 g/mol. The minimum absolute atomic E-state index is 0.0589. The Bertz CT molecular complexity index is 1250. The zero-order valence-corrected chi connectivity index (χ0v) is 16.5. The number of nitrogens with one attached hydrogen (secondary N) is 1. The number of hydrogen-bond acceptors (Lipinski definition) is 2. The number of nitrogens with zero attached hydrogens (tertiary/aromatic N) is 2. The summed E-state index contributed by atoms with van der Waals surface area (Å²) in [6.45, 7) is 3.83. The lowest BCUT2D eigenvalue weighted by molar-refractivity contribution is 0.101. The van der Waals surface area contributed by atoms with Gasteiger partial charge in [0.05, 0.1) is 17.1 Å². The van der Waals surface area contributed by atoms with Crippen LogP contribution >= 0.6 is 0 Å². The van der Waals surface area contributed by atoms with Crippen LogP contribution in [0.2, 0.25) is 0 Å². The Morgan fingerprint density at radius 3 is 2.33 bits per heavy atom. The summed E-state index contributed by atoms with van der Waals surface area (Å²) in [6, 6.07) is 19.4. The Morgan fingerprint density at radius 1 is 0.900 bits per heavy atom. The van der Waals surface area contributed by atoms with E-state index in [1.54, 1.807) is 30.3 Å². The number of para-hydroxylation sites is 1. The molecule has 0 aliphatic heterocycles. The number of halogens is 2. The highest BCUT2D eigenvalue weighted by Gasteiger charge is 2.21.